The van der Waals surface area contributed by atoms with Gasteiger partial charge in [-0.25, -0.2) is 4.39 Å². The van der Waals surface area contributed by atoms with E-state index >= 15 is 0 Å². The summed E-state index contributed by atoms with van der Waals surface area (Å²) in [4.78, 5) is 14.0. The van der Waals surface area contributed by atoms with E-state index < -0.39 is 0 Å². The van der Waals surface area contributed by atoms with E-state index in [0.29, 0.717) is 10.9 Å². The zero-order chi connectivity index (χ0) is 11.4. The maximum atomic E-state index is 12.8. The van der Waals surface area contributed by atoms with Gasteiger partial charge < -0.3 is 4.98 Å². The maximum absolute atomic E-state index is 12.8. The van der Waals surface area contributed by atoms with Gasteiger partial charge in [-0.15, -0.1) is 0 Å². The van der Waals surface area contributed by atoms with Crippen molar-refractivity contribution in [2.24, 2.45) is 0 Å². The molecule has 0 amide bonds. The van der Waals surface area contributed by atoms with E-state index in [9.17, 15) is 9.18 Å². The minimum Gasteiger partial charge on any atom is -0.360 e. The zero-order valence-electron chi connectivity index (χ0n) is 9.10. The number of Topliss-reactive ketones (excluding diaryl/α,β-unsaturated/α-hetero) is 1. The lowest BCUT2D eigenvalue weighted by Crippen LogP contribution is -1.88. The van der Waals surface area contributed by atoms with Crippen LogP contribution in [0.25, 0.3) is 10.9 Å². The molecule has 0 aliphatic heterocycles. The number of fused-ring (bicyclic) bond motifs is 1. The fourth-order valence-corrected chi connectivity index (χ4v) is 1.38. The molecular formula is C12H14FNO. The molecule has 0 spiro atoms. The van der Waals surface area contributed by atoms with Crippen LogP contribution >= 0.6 is 0 Å². The summed E-state index contributed by atoms with van der Waals surface area (Å²) in [5.74, 6) is -0.383. The number of ketones is 1. The lowest BCUT2D eigenvalue weighted by molar-refractivity contribution is 0.101. The highest BCUT2D eigenvalue weighted by atomic mass is 19.1. The second kappa shape index (κ2) is 4.73. The number of H-pyrrole nitrogens is 1. The smallest absolute Gasteiger partial charge is 0.161 e. The molecule has 0 radical (unpaired) electrons. The van der Waals surface area contributed by atoms with Crippen molar-refractivity contribution >= 4 is 16.7 Å². The van der Waals surface area contributed by atoms with E-state index in [0.717, 1.165) is 5.52 Å². The largest absolute Gasteiger partial charge is 0.360 e. The summed E-state index contributed by atoms with van der Waals surface area (Å²) in [6.07, 6.45) is 1.60. The molecule has 1 aromatic heterocycles. The van der Waals surface area contributed by atoms with Crippen molar-refractivity contribution in [1.82, 2.24) is 4.98 Å². The van der Waals surface area contributed by atoms with Gasteiger partial charge in [0.15, 0.2) is 5.78 Å². The molecule has 1 heterocycles. The van der Waals surface area contributed by atoms with Crippen LogP contribution in [0.5, 0.6) is 0 Å². The third-order valence-corrected chi connectivity index (χ3v) is 2.02. The number of benzene rings is 1. The predicted molar refractivity (Wildman–Crippen MR) is 59.6 cm³/mol. The fraction of sp³-hybridized carbons (Fsp3) is 0.250. The van der Waals surface area contributed by atoms with Crippen LogP contribution in [0.4, 0.5) is 4.39 Å². The van der Waals surface area contributed by atoms with E-state index in [2.05, 4.69) is 4.98 Å². The molecule has 0 saturated heterocycles. The molecule has 1 N–H and O–H groups in total. The van der Waals surface area contributed by atoms with Crippen molar-refractivity contribution in [3.63, 3.8) is 0 Å². The number of carbonyl (C=O) groups excluding carboxylic acids is 1. The topological polar surface area (TPSA) is 32.9 Å². The number of halogens is 1. The Bertz CT molecular complexity index is 473. The second-order valence-corrected chi connectivity index (χ2v) is 2.95. The zero-order valence-corrected chi connectivity index (χ0v) is 9.10. The Morgan fingerprint density at radius 2 is 2.00 bits per heavy atom. The first-order valence-electron chi connectivity index (χ1n) is 4.96. The van der Waals surface area contributed by atoms with Gasteiger partial charge in [0.1, 0.15) is 5.82 Å². The Labute approximate surface area is 88.1 Å². The molecule has 80 valence electrons. The Morgan fingerprint density at radius 3 is 2.60 bits per heavy atom. The van der Waals surface area contributed by atoms with Crippen molar-refractivity contribution in [3.05, 3.63) is 35.8 Å². The van der Waals surface area contributed by atoms with Crippen LogP contribution in [0.1, 0.15) is 31.1 Å². The number of aromatic amines is 1. The molecule has 3 heteroatoms. The van der Waals surface area contributed by atoms with E-state index in [4.69, 9.17) is 0 Å². The average molecular weight is 207 g/mol. The van der Waals surface area contributed by atoms with E-state index in [1.807, 2.05) is 13.8 Å². The van der Waals surface area contributed by atoms with Crippen LogP contribution in [-0.4, -0.2) is 10.8 Å². The highest BCUT2D eigenvalue weighted by molar-refractivity contribution is 6.06. The van der Waals surface area contributed by atoms with Crippen LogP contribution < -0.4 is 0 Å². The molecule has 0 bridgehead atoms. The van der Waals surface area contributed by atoms with Gasteiger partial charge in [-0.1, -0.05) is 13.8 Å². The molecule has 0 saturated carbocycles. The normalized spacial score (nSPS) is 9.60. The lowest BCUT2D eigenvalue weighted by atomic mass is 10.1. The summed E-state index contributed by atoms with van der Waals surface area (Å²) < 4.78 is 12.8. The molecule has 0 fully saturated rings. The first-order valence-corrected chi connectivity index (χ1v) is 4.96. The third kappa shape index (κ3) is 2.24. The molecule has 0 atom stereocenters. The Hall–Kier alpha value is -1.64. The van der Waals surface area contributed by atoms with Gasteiger partial charge in [-0.2, -0.15) is 0 Å². The van der Waals surface area contributed by atoms with Gasteiger partial charge in [0, 0.05) is 22.7 Å². The third-order valence-electron chi connectivity index (χ3n) is 2.02. The minimum absolute atomic E-state index is 0.0585. The second-order valence-electron chi connectivity index (χ2n) is 2.95. The summed E-state index contributed by atoms with van der Waals surface area (Å²) in [5, 5.41) is 0.646. The van der Waals surface area contributed by atoms with Crippen LogP contribution in [0.15, 0.2) is 24.4 Å². The summed E-state index contributed by atoms with van der Waals surface area (Å²) in [6.45, 7) is 5.47. The van der Waals surface area contributed by atoms with Crippen molar-refractivity contribution in [1.29, 1.82) is 0 Å². The van der Waals surface area contributed by atoms with Crippen LogP contribution in [0.3, 0.4) is 0 Å². The number of aromatic nitrogens is 1. The monoisotopic (exact) mass is 207 g/mol. The maximum Gasteiger partial charge on any atom is 0.161 e. The molecule has 15 heavy (non-hydrogen) atoms. The molecular weight excluding hydrogens is 193 g/mol. The SMILES string of the molecule is CC.CC(=O)c1c[nH]c2ccc(F)cc12. The van der Waals surface area contributed by atoms with E-state index in [1.165, 1.54) is 19.1 Å². The molecule has 1 aromatic carbocycles. The van der Waals surface area contributed by atoms with Crippen LogP contribution in [0.2, 0.25) is 0 Å². The van der Waals surface area contributed by atoms with E-state index in [1.54, 1.807) is 12.3 Å². The van der Waals surface area contributed by atoms with Gasteiger partial charge in [0.05, 0.1) is 0 Å². The summed E-state index contributed by atoms with van der Waals surface area (Å²) >= 11 is 0. The van der Waals surface area contributed by atoms with Crippen molar-refractivity contribution < 1.29 is 9.18 Å². The van der Waals surface area contributed by atoms with Crippen LogP contribution in [-0.2, 0) is 0 Å². The molecule has 2 nitrogen and oxygen atoms in total. The molecule has 2 aromatic rings. The van der Waals surface area contributed by atoms with Gasteiger partial charge in [0.25, 0.3) is 0 Å². The standard InChI is InChI=1S/C10H8FNO.C2H6/c1-6(13)9-5-12-10-3-2-7(11)4-8(9)10;1-2/h2-5,12H,1H3;1-2H3. The molecule has 0 aliphatic rings. The quantitative estimate of drug-likeness (QED) is 0.713. The summed E-state index contributed by atoms with van der Waals surface area (Å²) in [5.41, 5.74) is 1.32. The lowest BCUT2D eigenvalue weighted by Gasteiger charge is -1.92. The Balaban J connectivity index is 0.000000531. The number of nitrogens with one attached hydrogen (secondary N) is 1. The van der Waals surface area contributed by atoms with Crippen LogP contribution in [0, 0.1) is 5.82 Å². The number of rotatable bonds is 1. The Kier molecular flexibility index (Phi) is 3.61. The average Bonchev–Trinajstić information content (AvgIpc) is 2.63. The Morgan fingerprint density at radius 1 is 1.33 bits per heavy atom. The predicted octanol–water partition coefficient (Wildman–Crippen LogP) is 3.54. The first-order chi connectivity index (χ1) is 7.18. The van der Waals surface area contributed by atoms with Gasteiger partial charge in [-0.3, -0.25) is 4.79 Å². The first kappa shape index (κ1) is 11.4. The van der Waals surface area contributed by atoms with Gasteiger partial charge in [0.2, 0.25) is 0 Å². The summed E-state index contributed by atoms with van der Waals surface area (Å²) in [7, 11) is 0. The van der Waals surface area contributed by atoms with E-state index in [-0.39, 0.29) is 11.6 Å². The molecule has 0 unspecified atom stereocenters. The van der Waals surface area contributed by atoms with Crippen molar-refractivity contribution in [3.8, 4) is 0 Å². The summed E-state index contributed by atoms with van der Waals surface area (Å²) in [6, 6.07) is 4.35. The number of hydrogen-bond donors (Lipinski definition) is 1. The highest BCUT2D eigenvalue weighted by Crippen LogP contribution is 2.19. The molecule has 0 aliphatic carbocycles. The van der Waals surface area contributed by atoms with Crippen molar-refractivity contribution in [2.45, 2.75) is 20.8 Å². The number of carbonyl (C=O) groups is 1. The highest BCUT2D eigenvalue weighted by Gasteiger charge is 2.07. The number of hydrogen-bond acceptors (Lipinski definition) is 1. The fourth-order valence-electron chi connectivity index (χ4n) is 1.38. The van der Waals surface area contributed by atoms with Gasteiger partial charge >= 0.3 is 0 Å². The minimum atomic E-state index is -0.324. The molecule has 2 rings (SSSR count). The van der Waals surface area contributed by atoms with Crippen molar-refractivity contribution in [2.75, 3.05) is 0 Å². The van der Waals surface area contributed by atoms with Gasteiger partial charge in [-0.05, 0) is 25.1 Å².